The molecule has 1 aliphatic carbocycles. The predicted octanol–water partition coefficient (Wildman–Crippen LogP) is 20.7. The molecule has 1 aliphatic rings. The summed E-state index contributed by atoms with van der Waals surface area (Å²) in [6, 6.07) is 0. The summed E-state index contributed by atoms with van der Waals surface area (Å²) in [6.07, 6.45) is 67.1. The van der Waals surface area contributed by atoms with Crippen molar-refractivity contribution in [2.24, 2.45) is 11.8 Å². The third kappa shape index (κ3) is 51.7. The fourth-order valence-electron chi connectivity index (χ4n) is 7.98. The van der Waals surface area contributed by atoms with Crippen molar-refractivity contribution in [3.05, 3.63) is 12.2 Å². The molecule has 0 aromatic heterocycles. The minimum atomic E-state index is 1.14. The number of unbranched alkanes of at least 4 members (excludes halogenated alkanes) is 35. The summed E-state index contributed by atoms with van der Waals surface area (Å²) < 4.78 is 0. The van der Waals surface area contributed by atoms with Crippen LogP contribution in [0.3, 0.4) is 0 Å². The Morgan fingerprint density at radius 2 is 0.434 bits per heavy atom. The van der Waals surface area contributed by atoms with E-state index >= 15 is 0 Å². The molecule has 0 saturated heterocycles. The van der Waals surface area contributed by atoms with Gasteiger partial charge in [-0.25, -0.2) is 0 Å². The molecule has 0 aromatic rings. The van der Waals surface area contributed by atoms with Gasteiger partial charge in [-0.15, -0.1) is 0 Å². The highest BCUT2D eigenvalue weighted by atomic mass is 14.4. The van der Waals surface area contributed by atoms with Crippen molar-refractivity contribution in [1.82, 2.24) is 0 Å². The topological polar surface area (TPSA) is 0 Å². The lowest BCUT2D eigenvalue weighted by Crippen LogP contribution is -1.86. The third-order valence-electron chi connectivity index (χ3n) is 12.0. The molecule has 0 amide bonds. The van der Waals surface area contributed by atoms with Crippen molar-refractivity contribution in [1.29, 1.82) is 0 Å². The van der Waals surface area contributed by atoms with Crippen molar-refractivity contribution in [2.75, 3.05) is 0 Å². The van der Waals surface area contributed by atoms with E-state index in [-0.39, 0.29) is 0 Å². The highest BCUT2D eigenvalue weighted by molar-refractivity contribution is 4.85. The molecule has 1 rings (SSSR count). The van der Waals surface area contributed by atoms with E-state index in [4.69, 9.17) is 0 Å². The zero-order valence-corrected chi connectivity index (χ0v) is 38.7. The molecule has 0 N–H and O–H groups in total. The van der Waals surface area contributed by atoms with Gasteiger partial charge in [0.15, 0.2) is 0 Å². The Bertz CT molecular complexity index is 604. The fraction of sp³-hybridized carbons (Fsp3) is 0.962. The highest BCUT2D eigenvalue weighted by Crippen LogP contribution is 2.45. The second kappa shape index (κ2) is 51.7. The average Bonchev–Trinajstić information content (AvgIpc) is 3.93. The second-order valence-electron chi connectivity index (χ2n) is 17.7. The summed E-state index contributed by atoms with van der Waals surface area (Å²) >= 11 is 0. The Hall–Kier alpha value is -0.260. The highest BCUT2D eigenvalue weighted by Gasteiger charge is 2.34. The quantitative estimate of drug-likeness (QED) is 0.0432. The normalized spacial score (nSPS) is 15.0. The van der Waals surface area contributed by atoms with Gasteiger partial charge in [0.1, 0.15) is 0 Å². The second-order valence-corrected chi connectivity index (χ2v) is 17.7. The van der Waals surface area contributed by atoms with E-state index in [1.165, 1.54) is 257 Å². The fourth-order valence-corrected chi connectivity index (χ4v) is 7.98. The van der Waals surface area contributed by atoms with Crippen LogP contribution in [-0.2, 0) is 0 Å². The molecule has 2 unspecified atom stereocenters. The van der Waals surface area contributed by atoms with Crippen LogP contribution < -0.4 is 0 Å². The first-order chi connectivity index (χ1) is 26.2. The molecular weight excluding hydrogens is 637 g/mol. The van der Waals surface area contributed by atoms with Crippen LogP contribution in [0.2, 0.25) is 0 Å². The number of allylic oxidation sites excluding steroid dienone is 2. The van der Waals surface area contributed by atoms with Gasteiger partial charge in [0.25, 0.3) is 0 Å². The molecule has 1 fully saturated rings. The molecule has 0 bridgehead atoms. The van der Waals surface area contributed by atoms with Crippen molar-refractivity contribution < 1.29 is 0 Å². The van der Waals surface area contributed by atoms with Gasteiger partial charge in [0.05, 0.1) is 0 Å². The molecule has 0 heteroatoms. The Kier molecular flexibility index (Phi) is 53.5. The Labute approximate surface area is 340 Å². The maximum Gasteiger partial charge on any atom is -0.0351 e. The Morgan fingerprint density at radius 1 is 0.245 bits per heavy atom. The number of rotatable bonds is 41. The minimum Gasteiger partial charge on any atom is -0.0885 e. The van der Waals surface area contributed by atoms with E-state index < -0.39 is 0 Å². The monoisotopic (exact) mass is 745 g/mol. The number of hydrogen-bond acceptors (Lipinski definition) is 0. The molecule has 1 saturated carbocycles. The summed E-state index contributed by atoms with van der Waals surface area (Å²) in [7, 11) is 0. The predicted molar refractivity (Wildman–Crippen MR) is 249 cm³/mol. The molecule has 0 spiro atoms. The Morgan fingerprint density at radius 3 is 0.698 bits per heavy atom. The van der Waals surface area contributed by atoms with Gasteiger partial charge >= 0.3 is 0 Å². The van der Waals surface area contributed by atoms with E-state index in [1.807, 2.05) is 0 Å². The average molecular weight is 745 g/mol. The number of hydrogen-bond donors (Lipinski definition) is 0. The first-order valence-electron chi connectivity index (χ1n) is 25.9. The Balaban J connectivity index is 0. The molecule has 0 heterocycles. The molecule has 0 radical (unpaired) electrons. The minimum absolute atomic E-state index is 1.14. The van der Waals surface area contributed by atoms with Gasteiger partial charge in [-0.05, 0) is 43.9 Å². The summed E-state index contributed by atoms with van der Waals surface area (Å²) in [4.78, 5) is 0. The summed E-state index contributed by atoms with van der Waals surface area (Å²) in [5.41, 5.74) is 0. The van der Waals surface area contributed by atoms with E-state index in [0.717, 1.165) is 11.8 Å². The van der Waals surface area contributed by atoms with E-state index in [1.54, 1.807) is 19.3 Å². The lowest BCUT2D eigenvalue weighted by atomic mass is 10.0. The van der Waals surface area contributed by atoms with E-state index in [0.29, 0.717) is 0 Å². The van der Waals surface area contributed by atoms with Crippen LogP contribution in [0, 0.1) is 11.8 Å². The van der Waals surface area contributed by atoms with Gasteiger partial charge in [0, 0.05) is 0 Å². The zero-order valence-electron chi connectivity index (χ0n) is 38.7. The third-order valence-corrected chi connectivity index (χ3v) is 12.0. The largest absolute Gasteiger partial charge is 0.0885 e. The lowest BCUT2D eigenvalue weighted by Gasteiger charge is -2.02. The van der Waals surface area contributed by atoms with Crippen LogP contribution >= 0.6 is 0 Å². The molecule has 2 atom stereocenters. The van der Waals surface area contributed by atoms with Gasteiger partial charge < -0.3 is 0 Å². The molecular formula is C53H108. The van der Waals surface area contributed by atoms with Crippen LogP contribution in [-0.4, -0.2) is 0 Å². The van der Waals surface area contributed by atoms with Crippen LogP contribution in [0.25, 0.3) is 0 Å². The SMILES string of the molecule is CCCCCC/C=C/CCCCCCCCCC.CCCCCCCCCCC1CC1CCCCCC.CCCCCCCCCCCCCCCC. The van der Waals surface area contributed by atoms with Crippen molar-refractivity contribution >= 4 is 0 Å². The standard InChI is InChI=1S/C19H38.C18H36.C16H34/c1-3-5-7-9-10-11-12-14-16-19-17-18(19)15-13-8-6-4-2;1-3-5-7-9-11-13-15-17-18-16-14-12-10-8-6-4-2;1-3-5-7-9-11-13-15-16-14-12-10-8-6-4-2/h18-19H,3-17H2,1-2H3;13,15H,3-12,14,16-18H2,1-2H3;3-16H2,1-2H3/b;15-13+;. The van der Waals surface area contributed by atoms with Crippen molar-refractivity contribution in [3.8, 4) is 0 Å². The molecule has 320 valence electrons. The maximum absolute atomic E-state index is 2.41. The van der Waals surface area contributed by atoms with E-state index in [2.05, 4.69) is 53.7 Å². The van der Waals surface area contributed by atoms with Crippen molar-refractivity contribution in [3.63, 3.8) is 0 Å². The van der Waals surface area contributed by atoms with Gasteiger partial charge in [0.2, 0.25) is 0 Å². The first kappa shape index (κ1) is 54.8. The molecule has 53 heavy (non-hydrogen) atoms. The zero-order chi connectivity index (χ0) is 39.0. The van der Waals surface area contributed by atoms with Crippen LogP contribution in [0.4, 0.5) is 0 Å². The first-order valence-corrected chi connectivity index (χ1v) is 25.9. The van der Waals surface area contributed by atoms with E-state index in [9.17, 15) is 0 Å². The van der Waals surface area contributed by atoms with Crippen LogP contribution in [0.15, 0.2) is 12.2 Å². The lowest BCUT2D eigenvalue weighted by molar-refractivity contribution is 0.516. The summed E-state index contributed by atoms with van der Waals surface area (Å²) in [5.74, 6) is 2.28. The van der Waals surface area contributed by atoms with Crippen molar-refractivity contribution in [2.45, 2.75) is 318 Å². The van der Waals surface area contributed by atoms with Gasteiger partial charge in [-0.2, -0.15) is 0 Å². The summed E-state index contributed by atoms with van der Waals surface area (Å²) in [5, 5.41) is 0. The van der Waals surface area contributed by atoms with Gasteiger partial charge in [-0.3, -0.25) is 0 Å². The van der Waals surface area contributed by atoms with Gasteiger partial charge in [-0.1, -0.05) is 298 Å². The van der Waals surface area contributed by atoms with Crippen LogP contribution in [0.5, 0.6) is 0 Å². The van der Waals surface area contributed by atoms with Crippen LogP contribution in [0.1, 0.15) is 318 Å². The maximum atomic E-state index is 2.41. The molecule has 0 aliphatic heterocycles. The molecule has 0 nitrogen and oxygen atoms in total. The molecule has 0 aromatic carbocycles. The smallest absolute Gasteiger partial charge is 0.0351 e. The summed E-state index contributed by atoms with van der Waals surface area (Å²) in [6.45, 7) is 13.8.